The lowest BCUT2D eigenvalue weighted by molar-refractivity contribution is -0.111. The van der Waals surface area contributed by atoms with Gasteiger partial charge in [-0.3, -0.25) is 10.1 Å². The van der Waals surface area contributed by atoms with E-state index in [0.29, 0.717) is 10.2 Å². The quantitative estimate of drug-likeness (QED) is 0.873. The zero-order chi connectivity index (χ0) is 13.9. The highest BCUT2D eigenvalue weighted by molar-refractivity contribution is 7.15. The van der Waals surface area contributed by atoms with E-state index >= 15 is 0 Å². The summed E-state index contributed by atoms with van der Waals surface area (Å²) in [5, 5.41) is 4.11. The van der Waals surface area contributed by atoms with E-state index < -0.39 is 0 Å². The maximum atomic E-state index is 11.8. The number of anilines is 1. The number of nitrogens with zero attached hydrogens (tertiary/aromatic N) is 1. The van der Waals surface area contributed by atoms with Crippen molar-refractivity contribution in [3.05, 3.63) is 51.5 Å². The number of nitrogens with one attached hydrogen (secondary N) is 1. The third kappa shape index (κ3) is 2.92. The Morgan fingerprint density at radius 3 is 3.00 bits per heavy atom. The lowest BCUT2D eigenvalue weighted by Crippen LogP contribution is -2.07. The number of hydrogen-bond donors (Lipinski definition) is 1. The van der Waals surface area contributed by atoms with Gasteiger partial charge in [0.15, 0.2) is 5.13 Å². The van der Waals surface area contributed by atoms with Crippen molar-refractivity contribution >= 4 is 40.1 Å². The van der Waals surface area contributed by atoms with Crippen LogP contribution in [0, 0.1) is 0 Å². The van der Waals surface area contributed by atoms with Gasteiger partial charge in [-0.25, -0.2) is 4.98 Å². The fourth-order valence-corrected chi connectivity index (χ4v) is 3.42. The van der Waals surface area contributed by atoms with Crippen LogP contribution >= 0.6 is 22.9 Å². The third-order valence-electron chi connectivity index (χ3n) is 3.15. The smallest absolute Gasteiger partial charge is 0.250 e. The van der Waals surface area contributed by atoms with E-state index in [0.717, 1.165) is 24.1 Å². The summed E-state index contributed by atoms with van der Waals surface area (Å²) in [6, 6.07) is 7.40. The van der Waals surface area contributed by atoms with Crippen LogP contribution in [0.15, 0.2) is 30.3 Å². The van der Waals surface area contributed by atoms with Gasteiger partial charge in [0.05, 0.1) is 5.69 Å². The Hall–Kier alpha value is -1.65. The lowest BCUT2D eigenvalue weighted by Gasteiger charge is -1.98. The number of thiazole rings is 1. The molecule has 20 heavy (non-hydrogen) atoms. The number of halogens is 1. The molecule has 102 valence electrons. The number of benzene rings is 1. The highest BCUT2D eigenvalue weighted by atomic mass is 35.5. The van der Waals surface area contributed by atoms with Crippen LogP contribution in [-0.2, 0) is 17.6 Å². The maximum absolute atomic E-state index is 11.8. The minimum absolute atomic E-state index is 0.183. The van der Waals surface area contributed by atoms with Gasteiger partial charge in [-0.05, 0) is 37.0 Å². The molecule has 2 aromatic rings. The number of aryl methyl sites for hydroxylation is 2. The van der Waals surface area contributed by atoms with E-state index in [9.17, 15) is 4.79 Å². The average molecular weight is 305 g/mol. The summed E-state index contributed by atoms with van der Waals surface area (Å²) < 4.78 is 0. The minimum Gasteiger partial charge on any atom is -0.298 e. The number of aromatic nitrogens is 1. The second-order valence-corrected chi connectivity index (χ2v) is 6.08. The minimum atomic E-state index is -0.183. The first-order valence-corrected chi connectivity index (χ1v) is 7.64. The molecule has 0 unspecified atom stereocenters. The highest BCUT2D eigenvalue weighted by Gasteiger charge is 2.17. The summed E-state index contributed by atoms with van der Waals surface area (Å²) >= 11 is 7.60. The van der Waals surface area contributed by atoms with Gasteiger partial charge in [-0.2, -0.15) is 0 Å². The van der Waals surface area contributed by atoms with E-state index in [4.69, 9.17) is 11.6 Å². The molecular formula is C15H13ClN2OS. The Kier molecular flexibility index (Phi) is 3.85. The van der Waals surface area contributed by atoms with Crippen LogP contribution in [0.2, 0.25) is 5.02 Å². The summed E-state index contributed by atoms with van der Waals surface area (Å²) in [7, 11) is 0. The molecule has 3 nitrogen and oxygen atoms in total. The van der Waals surface area contributed by atoms with Gasteiger partial charge in [-0.15, -0.1) is 11.3 Å². The van der Waals surface area contributed by atoms with Crippen molar-refractivity contribution in [2.45, 2.75) is 19.3 Å². The van der Waals surface area contributed by atoms with Crippen LogP contribution in [0.3, 0.4) is 0 Å². The summed E-state index contributed by atoms with van der Waals surface area (Å²) in [5.74, 6) is -0.183. The topological polar surface area (TPSA) is 42.0 Å². The average Bonchev–Trinajstić information content (AvgIpc) is 2.98. The molecule has 1 aromatic carbocycles. The van der Waals surface area contributed by atoms with E-state index in [2.05, 4.69) is 10.3 Å². The van der Waals surface area contributed by atoms with Crippen molar-refractivity contribution in [3.63, 3.8) is 0 Å². The Morgan fingerprint density at radius 1 is 1.35 bits per heavy atom. The van der Waals surface area contributed by atoms with E-state index in [1.54, 1.807) is 23.5 Å². The van der Waals surface area contributed by atoms with Crippen LogP contribution in [0.25, 0.3) is 6.08 Å². The molecule has 3 rings (SSSR count). The van der Waals surface area contributed by atoms with Crippen LogP contribution < -0.4 is 5.32 Å². The standard InChI is InChI=1S/C15H13ClN2OS/c16-11-5-2-1-4-10(11)8-9-14(19)18-15-17-12-6-3-7-13(12)20-15/h1-2,4-5,8-9H,3,6-7H2,(H,17,18,19). The second kappa shape index (κ2) is 5.77. The number of amides is 1. The normalized spacial score (nSPS) is 13.7. The van der Waals surface area contributed by atoms with Crippen molar-refractivity contribution in [1.29, 1.82) is 0 Å². The Morgan fingerprint density at radius 2 is 2.20 bits per heavy atom. The molecule has 1 aliphatic rings. The SMILES string of the molecule is O=C(C=Cc1ccccc1Cl)Nc1nc2c(s1)CCC2. The van der Waals surface area contributed by atoms with E-state index in [-0.39, 0.29) is 5.91 Å². The van der Waals surface area contributed by atoms with Gasteiger partial charge in [0.1, 0.15) is 0 Å². The molecule has 5 heteroatoms. The van der Waals surface area contributed by atoms with Crippen molar-refractivity contribution in [3.8, 4) is 0 Å². The second-order valence-electron chi connectivity index (χ2n) is 4.59. The highest BCUT2D eigenvalue weighted by Crippen LogP contribution is 2.30. The van der Waals surface area contributed by atoms with E-state index in [1.165, 1.54) is 17.4 Å². The zero-order valence-corrected chi connectivity index (χ0v) is 12.3. The molecule has 1 aromatic heterocycles. The van der Waals surface area contributed by atoms with Crippen molar-refractivity contribution in [2.75, 3.05) is 5.32 Å². The zero-order valence-electron chi connectivity index (χ0n) is 10.7. The molecule has 0 bridgehead atoms. The van der Waals surface area contributed by atoms with Crippen LogP contribution in [0.1, 0.15) is 22.6 Å². The van der Waals surface area contributed by atoms with Crippen LogP contribution in [-0.4, -0.2) is 10.9 Å². The Bertz CT molecular complexity index is 657. The predicted octanol–water partition coefficient (Wildman–Crippen LogP) is 3.94. The Labute approximate surface area is 126 Å². The summed E-state index contributed by atoms with van der Waals surface area (Å²) in [6.45, 7) is 0. The fraction of sp³-hybridized carbons (Fsp3) is 0.200. The maximum Gasteiger partial charge on any atom is 0.250 e. The number of rotatable bonds is 3. The number of hydrogen-bond acceptors (Lipinski definition) is 3. The number of carbonyl (C=O) groups excluding carboxylic acids is 1. The molecule has 1 amide bonds. The Balaban J connectivity index is 1.66. The van der Waals surface area contributed by atoms with Gasteiger partial charge in [-0.1, -0.05) is 29.8 Å². The van der Waals surface area contributed by atoms with Crippen molar-refractivity contribution < 1.29 is 4.79 Å². The molecule has 1 heterocycles. The number of fused-ring (bicyclic) bond motifs is 1. The third-order valence-corrected chi connectivity index (χ3v) is 4.56. The van der Waals surface area contributed by atoms with Crippen LogP contribution in [0.5, 0.6) is 0 Å². The monoisotopic (exact) mass is 304 g/mol. The molecule has 1 aliphatic carbocycles. The molecule has 0 fully saturated rings. The molecule has 0 aliphatic heterocycles. The molecule has 0 atom stereocenters. The van der Waals surface area contributed by atoms with Gasteiger partial charge in [0, 0.05) is 16.0 Å². The van der Waals surface area contributed by atoms with Gasteiger partial charge >= 0.3 is 0 Å². The summed E-state index contributed by atoms with van der Waals surface area (Å²) in [4.78, 5) is 17.6. The molecule has 0 radical (unpaired) electrons. The fourth-order valence-electron chi connectivity index (χ4n) is 2.17. The summed E-state index contributed by atoms with van der Waals surface area (Å²) in [6.07, 6.45) is 6.47. The van der Waals surface area contributed by atoms with E-state index in [1.807, 2.05) is 18.2 Å². The lowest BCUT2D eigenvalue weighted by atomic mass is 10.2. The van der Waals surface area contributed by atoms with Crippen LogP contribution in [0.4, 0.5) is 5.13 Å². The molecule has 1 N–H and O–H groups in total. The number of carbonyl (C=O) groups is 1. The first-order chi connectivity index (χ1) is 9.72. The predicted molar refractivity (Wildman–Crippen MR) is 83.3 cm³/mol. The van der Waals surface area contributed by atoms with Crippen molar-refractivity contribution in [2.24, 2.45) is 0 Å². The molecule has 0 saturated carbocycles. The molecule has 0 spiro atoms. The molecule has 0 saturated heterocycles. The first-order valence-electron chi connectivity index (χ1n) is 6.44. The van der Waals surface area contributed by atoms with Gasteiger partial charge < -0.3 is 0 Å². The first kappa shape index (κ1) is 13.3. The van der Waals surface area contributed by atoms with Gasteiger partial charge in [0.25, 0.3) is 0 Å². The van der Waals surface area contributed by atoms with Gasteiger partial charge in [0.2, 0.25) is 5.91 Å². The van der Waals surface area contributed by atoms with Crippen molar-refractivity contribution in [1.82, 2.24) is 4.98 Å². The summed E-state index contributed by atoms with van der Waals surface area (Å²) in [5.41, 5.74) is 1.96. The largest absolute Gasteiger partial charge is 0.298 e. The molecular weight excluding hydrogens is 292 g/mol.